The fourth-order valence-corrected chi connectivity index (χ4v) is 3.01. The first kappa shape index (κ1) is 20.2. The van der Waals surface area contributed by atoms with Crippen LogP contribution in [0.3, 0.4) is 0 Å². The summed E-state index contributed by atoms with van der Waals surface area (Å²) in [4.78, 5) is 35.1. The fourth-order valence-electron chi connectivity index (χ4n) is 2.74. The first-order valence-electron chi connectivity index (χ1n) is 8.43. The highest BCUT2D eigenvalue weighted by Crippen LogP contribution is 2.36. The number of carbonyl (C=O) groups is 2. The molecule has 3 aromatic rings. The molecule has 0 unspecified atom stereocenters. The molecule has 0 aliphatic rings. The van der Waals surface area contributed by atoms with Gasteiger partial charge in [-0.25, -0.2) is 4.79 Å². The van der Waals surface area contributed by atoms with Crippen LogP contribution in [0.15, 0.2) is 45.6 Å². The highest BCUT2D eigenvalue weighted by Gasteiger charge is 2.17. The average molecular weight is 417 g/mol. The fraction of sp³-hybridized carbons (Fsp3) is 0.150. The minimum absolute atomic E-state index is 0.0795. The lowest BCUT2D eigenvalue weighted by molar-refractivity contribution is -0.119. The summed E-state index contributed by atoms with van der Waals surface area (Å²) < 4.78 is 15.6. The zero-order valence-electron chi connectivity index (χ0n) is 15.6. The Morgan fingerprint density at radius 2 is 1.97 bits per heavy atom. The smallest absolute Gasteiger partial charge is 0.336 e. The second-order valence-corrected chi connectivity index (χ2v) is 6.57. The van der Waals surface area contributed by atoms with Gasteiger partial charge in [-0.15, -0.1) is 0 Å². The van der Waals surface area contributed by atoms with Crippen molar-refractivity contribution in [1.82, 2.24) is 0 Å². The van der Waals surface area contributed by atoms with E-state index in [0.717, 1.165) is 10.9 Å². The number of benzene rings is 2. The molecule has 0 saturated heterocycles. The van der Waals surface area contributed by atoms with Gasteiger partial charge in [0.2, 0.25) is 0 Å². The number of amides is 2. The van der Waals surface area contributed by atoms with Gasteiger partial charge < -0.3 is 24.9 Å². The molecular weight excluding hydrogens is 400 g/mol. The van der Waals surface area contributed by atoms with Crippen molar-refractivity contribution in [1.29, 1.82) is 0 Å². The predicted octanol–water partition coefficient (Wildman–Crippen LogP) is 2.88. The second kappa shape index (κ2) is 8.24. The second-order valence-electron chi connectivity index (χ2n) is 6.16. The van der Waals surface area contributed by atoms with Gasteiger partial charge in [0.15, 0.2) is 18.1 Å². The van der Waals surface area contributed by atoms with Crippen molar-refractivity contribution >= 4 is 40.1 Å². The summed E-state index contributed by atoms with van der Waals surface area (Å²) in [7, 11) is 1.37. The third-order valence-electron chi connectivity index (χ3n) is 4.06. The van der Waals surface area contributed by atoms with Gasteiger partial charge >= 0.3 is 5.63 Å². The van der Waals surface area contributed by atoms with Gasteiger partial charge in [-0.05, 0) is 36.8 Å². The van der Waals surface area contributed by atoms with E-state index in [1.807, 2.05) is 0 Å². The molecule has 0 atom stereocenters. The zero-order chi connectivity index (χ0) is 21.1. The topological polar surface area (TPSA) is 121 Å². The summed E-state index contributed by atoms with van der Waals surface area (Å²) in [5.74, 6) is -0.874. The molecule has 2 aromatic carbocycles. The van der Waals surface area contributed by atoms with E-state index in [-0.39, 0.29) is 28.7 Å². The lowest BCUT2D eigenvalue weighted by Gasteiger charge is -2.13. The van der Waals surface area contributed by atoms with E-state index in [2.05, 4.69) is 5.32 Å². The summed E-state index contributed by atoms with van der Waals surface area (Å²) in [5, 5.41) is 3.55. The average Bonchev–Trinajstić information content (AvgIpc) is 2.65. The number of primary amides is 1. The van der Waals surface area contributed by atoms with E-state index in [1.54, 1.807) is 25.1 Å². The van der Waals surface area contributed by atoms with Crippen molar-refractivity contribution < 1.29 is 23.5 Å². The number of aryl methyl sites for hydroxylation is 1. The van der Waals surface area contributed by atoms with Gasteiger partial charge in [-0.3, -0.25) is 9.59 Å². The Kier molecular flexibility index (Phi) is 5.74. The Labute approximate surface area is 170 Å². The van der Waals surface area contributed by atoms with Crippen LogP contribution in [-0.4, -0.2) is 25.5 Å². The molecule has 150 valence electrons. The molecule has 2 amide bonds. The van der Waals surface area contributed by atoms with Crippen molar-refractivity contribution in [2.75, 3.05) is 19.0 Å². The number of anilines is 1. The summed E-state index contributed by atoms with van der Waals surface area (Å²) in [6.07, 6.45) is 0. The van der Waals surface area contributed by atoms with E-state index in [1.165, 1.54) is 25.3 Å². The van der Waals surface area contributed by atoms with Crippen LogP contribution in [0.25, 0.3) is 11.0 Å². The van der Waals surface area contributed by atoms with E-state index in [9.17, 15) is 14.4 Å². The third-order valence-corrected chi connectivity index (χ3v) is 4.34. The molecule has 3 rings (SSSR count). The van der Waals surface area contributed by atoms with Crippen LogP contribution in [0.4, 0.5) is 5.69 Å². The zero-order valence-corrected chi connectivity index (χ0v) is 16.3. The monoisotopic (exact) mass is 416 g/mol. The standard InChI is InChI=1S/C20H17ClN2O6/c1-10-5-18(25)29-15-8-12(3-4-13(10)15)23-20(26)11-6-14(21)19(16(7-11)27-2)28-9-17(22)24/h3-8H,9H2,1-2H3,(H2,22,24)(H,23,26). The lowest BCUT2D eigenvalue weighted by Crippen LogP contribution is -2.20. The minimum Gasteiger partial charge on any atom is -0.493 e. The number of hydrogen-bond donors (Lipinski definition) is 2. The molecule has 0 radical (unpaired) electrons. The molecule has 0 aliphatic heterocycles. The molecule has 0 fully saturated rings. The van der Waals surface area contributed by atoms with E-state index >= 15 is 0 Å². The minimum atomic E-state index is -0.678. The van der Waals surface area contributed by atoms with Crippen LogP contribution in [0.1, 0.15) is 15.9 Å². The first-order chi connectivity index (χ1) is 13.8. The van der Waals surface area contributed by atoms with E-state index in [0.29, 0.717) is 11.3 Å². The maximum atomic E-state index is 12.6. The summed E-state index contributed by atoms with van der Waals surface area (Å²) in [6.45, 7) is 1.41. The highest BCUT2D eigenvalue weighted by atomic mass is 35.5. The van der Waals surface area contributed by atoms with Gasteiger partial charge in [0.05, 0.1) is 12.1 Å². The number of fused-ring (bicyclic) bond motifs is 1. The van der Waals surface area contributed by atoms with Crippen LogP contribution in [0, 0.1) is 6.92 Å². The maximum Gasteiger partial charge on any atom is 0.336 e. The van der Waals surface area contributed by atoms with Crippen molar-refractivity contribution in [2.45, 2.75) is 6.92 Å². The first-order valence-corrected chi connectivity index (χ1v) is 8.81. The normalized spacial score (nSPS) is 10.6. The molecule has 0 bridgehead atoms. The Morgan fingerprint density at radius 1 is 1.21 bits per heavy atom. The Morgan fingerprint density at radius 3 is 2.66 bits per heavy atom. The molecule has 1 heterocycles. The molecule has 0 spiro atoms. The van der Waals surface area contributed by atoms with Crippen LogP contribution in [0.5, 0.6) is 11.5 Å². The van der Waals surface area contributed by atoms with Gasteiger partial charge in [-0.1, -0.05) is 11.6 Å². The van der Waals surface area contributed by atoms with Crippen LogP contribution in [0.2, 0.25) is 5.02 Å². The third kappa shape index (κ3) is 4.49. The quantitative estimate of drug-likeness (QED) is 0.596. The molecule has 8 nitrogen and oxygen atoms in total. The Hall–Kier alpha value is -3.52. The van der Waals surface area contributed by atoms with Crippen LogP contribution < -0.4 is 26.1 Å². The molecule has 1 aromatic heterocycles. The number of nitrogens with two attached hydrogens (primary N) is 1. The van der Waals surface area contributed by atoms with Gasteiger partial charge in [0, 0.05) is 28.8 Å². The van der Waals surface area contributed by atoms with Gasteiger partial charge in [-0.2, -0.15) is 0 Å². The van der Waals surface area contributed by atoms with Gasteiger partial charge in [0.25, 0.3) is 11.8 Å². The number of halogens is 1. The predicted molar refractivity (Wildman–Crippen MR) is 108 cm³/mol. The van der Waals surface area contributed by atoms with E-state index < -0.39 is 17.4 Å². The van der Waals surface area contributed by atoms with Crippen molar-refractivity contribution in [3.8, 4) is 11.5 Å². The van der Waals surface area contributed by atoms with Crippen molar-refractivity contribution in [3.05, 3.63) is 63.0 Å². The molecule has 3 N–H and O–H groups in total. The molecule has 0 aliphatic carbocycles. The maximum absolute atomic E-state index is 12.6. The Bertz CT molecular complexity index is 1170. The van der Waals surface area contributed by atoms with Crippen molar-refractivity contribution in [2.24, 2.45) is 5.73 Å². The number of ether oxygens (including phenoxy) is 2. The largest absolute Gasteiger partial charge is 0.493 e. The number of carbonyl (C=O) groups excluding carboxylic acids is 2. The number of methoxy groups -OCH3 is 1. The van der Waals surface area contributed by atoms with Crippen molar-refractivity contribution in [3.63, 3.8) is 0 Å². The van der Waals surface area contributed by atoms with Gasteiger partial charge in [0.1, 0.15) is 5.58 Å². The van der Waals surface area contributed by atoms with Crippen LogP contribution in [-0.2, 0) is 4.79 Å². The molecule has 9 heteroatoms. The summed E-state index contributed by atoms with van der Waals surface area (Å²) >= 11 is 6.17. The number of rotatable bonds is 6. The van der Waals surface area contributed by atoms with E-state index in [4.69, 9.17) is 31.2 Å². The van der Waals surface area contributed by atoms with Crippen LogP contribution >= 0.6 is 11.6 Å². The Balaban J connectivity index is 1.89. The molecular formula is C20H17ClN2O6. The summed E-state index contributed by atoms with van der Waals surface area (Å²) in [6, 6.07) is 9.19. The molecule has 0 saturated carbocycles. The number of nitrogens with one attached hydrogen (secondary N) is 1. The summed E-state index contributed by atoms with van der Waals surface area (Å²) in [5.41, 5.74) is 6.36. The number of hydrogen-bond acceptors (Lipinski definition) is 6. The highest BCUT2D eigenvalue weighted by molar-refractivity contribution is 6.32. The molecule has 29 heavy (non-hydrogen) atoms. The SMILES string of the molecule is COc1cc(C(=O)Nc2ccc3c(C)cc(=O)oc3c2)cc(Cl)c1OCC(N)=O. The lowest BCUT2D eigenvalue weighted by atomic mass is 10.1.